The molecule has 1 atom stereocenters. The number of aliphatic hydroxyl groups is 1. The minimum absolute atomic E-state index is 0. The molecular formula is C4H11Cl2NO2. The molecule has 9 heavy (non-hydrogen) atoms. The molecule has 0 aliphatic carbocycles. The van der Waals surface area contributed by atoms with Crippen LogP contribution < -0.4 is 5.32 Å². The molecule has 1 unspecified atom stereocenters. The molecular weight excluding hydrogens is 165 g/mol. The Bertz CT molecular complexity index is 55.8. The van der Waals surface area contributed by atoms with Gasteiger partial charge in [0.15, 0.2) is 0 Å². The van der Waals surface area contributed by atoms with Crippen molar-refractivity contribution < 1.29 is 10.6 Å². The standard InChI is InChI=1S/C4H9Cl2NO.H2O/c5-3-4(6)7-1-2-8;/h4,7-8H,1-3H2;1H2. The SMILES string of the molecule is O.OCCNC(Cl)CCl. The molecule has 5 heteroatoms. The number of hydrogen-bond donors (Lipinski definition) is 2. The van der Waals surface area contributed by atoms with Gasteiger partial charge in [-0.15, -0.1) is 23.2 Å². The predicted octanol–water partition coefficient (Wildman–Crippen LogP) is -0.453. The fourth-order valence-electron chi connectivity index (χ4n) is 0.276. The topological polar surface area (TPSA) is 63.8 Å². The van der Waals surface area contributed by atoms with Gasteiger partial charge in [-0.25, -0.2) is 0 Å². The average molecular weight is 176 g/mol. The van der Waals surface area contributed by atoms with Gasteiger partial charge in [-0.2, -0.15) is 0 Å². The van der Waals surface area contributed by atoms with Gasteiger partial charge in [0.05, 0.1) is 18.0 Å². The van der Waals surface area contributed by atoms with Crippen molar-refractivity contribution in [3.8, 4) is 0 Å². The molecule has 0 aromatic carbocycles. The van der Waals surface area contributed by atoms with Crippen LogP contribution >= 0.6 is 23.2 Å². The Morgan fingerprint density at radius 3 is 2.44 bits per heavy atom. The van der Waals surface area contributed by atoms with Crippen molar-refractivity contribution in [2.45, 2.75) is 5.50 Å². The zero-order chi connectivity index (χ0) is 6.41. The molecule has 0 aromatic rings. The lowest BCUT2D eigenvalue weighted by Gasteiger charge is -2.04. The third-order valence-electron chi connectivity index (χ3n) is 0.613. The van der Waals surface area contributed by atoms with Gasteiger partial charge in [-0.05, 0) is 0 Å². The summed E-state index contributed by atoms with van der Waals surface area (Å²) in [4.78, 5) is 0. The van der Waals surface area contributed by atoms with Gasteiger partial charge in [0.2, 0.25) is 0 Å². The van der Waals surface area contributed by atoms with Crippen LogP contribution in [0.15, 0.2) is 0 Å². The zero-order valence-electron chi connectivity index (χ0n) is 4.90. The van der Waals surface area contributed by atoms with E-state index in [1.165, 1.54) is 0 Å². The number of rotatable bonds is 4. The first-order valence-corrected chi connectivity index (χ1v) is 3.32. The summed E-state index contributed by atoms with van der Waals surface area (Å²) >= 11 is 10.8. The molecule has 0 saturated carbocycles. The summed E-state index contributed by atoms with van der Waals surface area (Å²) in [6.07, 6.45) is 0. The van der Waals surface area contributed by atoms with E-state index in [4.69, 9.17) is 28.3 Å². The first-order chi connectivity index (χ1) is 3.81. The van der Waals surface area contributed by atoms with E-state index < -0.39 is 0 Å². The Hall–Kier alpha value is 0.460. The second-order valence-corrected chi connectivity index (χ2v) is 2.14. The van der Waals surface area contributed by atoms with Crippen LogP contribution in [0.4, 0.5) is 0 Å². The quantitative estimate of drug-likeness (QED) is 0.450. The predicted molar refractivity (Wildman–Crippen MR) is 39.1 cm³/mol. The first kappa shape index (κ1) is 12.2. The minimum atomic E-state index is -0.219. The van der Waals surface area contributed by atoms with Gasteiger partial charge in [-0.1, -0.05) is 0 Å². The summed E-state index contributed by atoms with van der Waals surface area (Å²) < 4.78 is 0. The number of alkyl halides is 2. The second-order valence-electron chi connectivity index (χ2n) is 1.30. The Morgan fingerprint density at radius 1 is 1.56 bits per heavy atom. The fourth-order valence-corrected chi connectivity index (χ4v) is 0.494. The van der Waals surface area contributed by atoms with Gasteiger partial charge in [-0.3, -0.25) is 5.32 Å². The number of halogens is 2. The number of aliphatic hydroxyl groups excluding tert-OH is 1. The van der Waals surface area contributed by atoms with Crippen molar-refractivity contribution in [1.29, 1.82) is 0 Å². The molecule has 0 aromatic heterocycles. The van der Waals surface area contributed by atoms with Crippen molar-refractivity contribution in [2.75, 3.05) is 19.0 Å². The van der Waals surface area contributed by atoms with Crippen LogP contribution in [-0.2, 0) is 0 Å². The molecule has 0 amide bonds. The molecule has 0 heterocycles. The minimum Gasteiger partial charge on any atom is -0.412 e. The smallest absolute Gasteiger partial charge is 0.0963 e. The van der Waals surface area contributed by atoms with Gasteiger partial charge >= 0.3 is 0 Å². The molecule has 0 spiro atoms. The molecule has 4 N–H and O–H groups in total. The van der Waals surface area contributed by atoms with Gasteiger partial charge in [0.25, 0.3) is 0 Å². The monoisotopic (exact) mass is 175 g/mol. The maximum atomic E-state index is 8.25. The number of nitrogens with one attached hydrogen (secondary N) is 1. The van der Waals surface area contributed by atoms with Gasteiger partial charge in [0, 0.05) is 6.54 Å². The van der Waals surface area contributed by atoms with Crippen LogP contribution in [0, 0.1) is 0 Å². The van der Waals surface area contributed by atoms with Gasteiger partial charge in [0.1, 0.15) is 0 Å². The second kappa shape index (κ2) is 8.46. The summed E-state index contributed by atoms with van der Waals surface area (Å²) in [5.74, 6) is 0.363. The van der Waals surface area contributed by atoms with E-state index in [0.29, 0.717) is 12.4 Å². The van der Waals surface area contributed by atoms with E-state index in [2.05, 4.69) is 5.32 Å². The highest BCUT2D eigenvalue weighted by molar-refractivity contribution is 6.27. The van der Waals surface area contributed by atoms with Crippen LogP contribution in [0.25, 0.3) is 0 Å². The van der Waals surface area contributed by atoms with E-state index in [0.717, 1.165) is 0 Å². The highest BCUT2D eigenvalue weighted by atomic mass is 35.5. The van der Waals surface area contributed by atoms with Crippen molar-refractivity contribution in [2.24, 2.45) is 0 Å². The highest BCUT2D eigenvalue weighted by Crippen LogP contribution is 1.91. The van der Waals surface area contributed by atoms with Gasteiger partial charge < -0.3 is 10.6 Å². The molecule has 0 saturated heterocycles. The maximum Gasteiger partial charge on any atom is 0.0963 e. The van der Waals surface area contributed by atoms with Crippen LogP contribution in [0.5, 0.6) is 0 Å². The first-order valence-electron chi connectivity index (χ1n) is 2.35. The normalized spacial score (nSPS) is 12.3. The van der Waals surface area contributed by atoms with Crippen molar-refractivity contribution >= 4 is 23.2 Å². The Kier molecular flexibility index (Phi) is 11.4. The molecule has 3 nitrogen and oxygen atoms in total. The van der Waals surface area contributed by atoms with Crippen molar-refractivity contribution in [3.05, 3.63) is 0 Å². The third kappa shape index (κ3) is 8.46. The van der Waals surface area contributed by atoms with Crippen molar-refractivity contribution in [3.63, 3.8) is 0 Å². The third-order valence-corrected chi connectivity index (χ3v) is 1.39. The van der Waals surface area contributed by atoms with E-state index >= 15 is 0 Å². The molecule has 0 radical (unpaired) electrons. The summed E-state index contributed by atoms with van der Waals surface area (Å²) in [7, 11) is 0. The maximum absolute atomic E-state index is 8.25. The molecule has 0 rings (SSSR count). The Balaban J connectivity index is 0. The summed E-state index contributed by atoms with van der Waals surface area (Å²) in [6, 6.07) is 0. The zero-order valence-corrected chi connectivity index (χ0v) is 6.41. The number of hydrogen-bond acceptors (Lipinski definition) is 2. The summed E-state index contributed by atoms with van der Waals surface area (Å²) in [5, 5.41) is 11.0. The largest absolute Gasteiger partial charge is 0.412 e. The molecule has 0 bridgehead atoms. The molecule has 0 aliphatic heterocycles. The lowest BCUT2D eigenvalue weighted by atomic mass is 10.6. The van der Waals surface area contributed by atoms with Crippen LogP contribution in [0.2, 0.25) is 0 Å². The van der Waals surface area contributed by atoms with Crippen molar-refractivity contribution in [1.82, 2.24) is 5.32 Å². The average Bonchev–Trinajstić information content (AvgIpc) is 1.83. The van der Waals surface area contributed by atoms with E-state index in [1.54, 1.807) is 0 Å². The van der Waals surface area contributed by atoms with E-state index in [-0.39, 0.29) is 17.6 Å². The Morgan fingerprint density at radius 2 is 2.11 bits per heavy atom. The fraction of sp³-hybridized carbons (Fsp3) is 1.00. The summed E-state index contributed by atoms with van der Waals surface area (Å²) in [5.41, 5.74) is -0.219. The lowest BCUT2D eigenvalue weighted by molar-refractivity contribution is 0.292. The van der Waals surface area contributed by atoms with Crippen LogP contribution in [0.1, 0.15) is 0 Å². The highest BCUT2D eigenvalue weighted by Gasteiger charge is 1.96. The molecule has 58 valence electrons. The molecule has 0 fully saturated rings. The van der Waals surface area contributed by atoms with Crippen LogP contribution in [0.3, 0.4) is 0 Å². The van der Waals surface area contributed by atoms with E-state index in [1.807, 2.05) is 0 Å². The van der Waals surface area contributed by atoms with Crippen LogP contribution in [-0.4, -0.2) is 35.1 Å². The molecule has 0 aliphatic rings. The Labute approximate surface area is 64.3 Å². The summed E-state index contributed by atoms with van der Waals surface area (Å²) in [6.45, 7) is 0.598. The lowest BCUT2D eigenvalue weighted by Crippen LogP contribution is -2.27. The van der Waals surface area contributed by atoms with E-state index in [9.17, 15) is 0 Å².